The molecule has 1 fully saturated rings. The number of aromatic amines is 1. The highest BCUT2D eigenvalue weighted by molar-refractivity contribution is 5.60. The molecule has 0 radical (unpaired) electrons. The van der Waals surface area contributed by atoms with Gasteiger partial charge in [0.25, 0.3) is 0 Å². The molecular formula is C15H19N3. The number of imidazole rings is 1. The molecule has 18 heavy (non-hydrogen) atoms. The minimum atomic E-state index is 0.366. The van der Waals surface area contributed by atoms with Crippen LogP contribution in [0.5, 0.6) is 0 Å². The van der Waals surface area contributed by atoms with Gasteiger partial charge in [0.05, 0.1) is 11.9 Å². The Balaban J connectivity index is 1.86. The second kappa shape index (κ2) is 4.25. The van der Waals surface area contributed by atoms with Gasteiger partial charge in [-0.1, -0.05) is 12.1 Å². The van der Waals surface area contributed by atoms with Crippen LogP contribution in [0.25, 0.3) is 11.3 Å². The van der Waals surface area contributed by atoms with Crippen molar-refractivity contribution in [2.24, 2.45) is 5.73 Å². The minimum absolute atomic E-state index is 0.366. The monoisotopic (exact) mass is 241 g/mol. The van der Waals surface area contributed by atoms with Crippen LogP contribution < -0.4 is 5.73 Å². The fraction of sp³-hybridized carbons (Fsp3) is 0.400. The molecule has 0 bridgehead atoms. The Morgan fingerprint density at radius 2 is 2.00 bits per heavy atom. The minimum Gasteiger partial charge on any atom is -0.342 e. The molecule has 0 atom stereocenters. The number of nitrogens with one attached hydrogen (secondary N) is 1. The molecule has 0 aliphatic heterocycles. The predicted molar refractivity (Wildman–Crippen MR) is 73.4 cm³/mol. The molecule has 0 amide bonds. The smallest absolute Gasteiger partial charge is 0.109 e. The first-order valence-electron chi connectivity index (χ1n) is 6.51. The zero-order chi connectivity index (χ0) is 12.7. The molecule has 3 nitrogen and oxygen atoms in total. The maximum Gasteiger partial charge on any atom is 0.109 e. The summed E-state index contributed by atoms with van der Waals surface area (Å²) in [6.07, 6.45) is 4.04. The van der Waals surface area contributed by atoms with Gasteiger partial charge in [-0.25, -0.2) is 4.98 Å². The summed E-state index contributed by atoms with van der Waals surface area (Å²) in [5.74, 6) is 1.62. The zero-order valence-corrected chi connectivity index (χ0v) is 10.9. The van der Waals surface area contributed by atoms with Gasteiger partial charge in [0, 0.05) is 12.0 Å². The lowest BCUT2D eigenvalue weighted by atomic mass is 9.80. The largest absolute Gasteiger partial charge is 0.342 e. The van der Waals surface area contributed by atoms with Crippen LogP contribution >= 0.6 is 0 Å². The molecule has 1 aromatic heterocycles. The fourth-order valence-electron chi connectivity index (χ4n) is 2.48. The molecule has 94 valence electrons. The van der Waals surface area contributed by atoms with E-state index in [9.17, 15) is 0 Å². The topological polar surface area (TPSA) is 54.7 Å². The Labute approximate surface area is 107 Å². The van der Waals surface area contributed by atoms with Gasteiger partial charge in [0.1, 0.15) is 5.82 Å². The average Bonchev–Trinajstić information content (AvgIpc) is 2.78. The number of benzene rings is 1. The number of aryl methyl sites for hydroxylation is 2. The molecule has 1 heterocycles. The molecule has 1 aromatic carbocycles. The van der Waals surface area contributed by atoms with Crippen LogP contribution in [-0.2, 0) is 0 Å². The molecule has 0 unspecified atom stereocenters. The van der Waals surface area contributed by atoms with Crippen molar-refractivity contribution in [3.05, 3.63) is 41.3 Å². The van der Waals surface area contributed by atoms with Crippen molar-refractivity contribution in [2.75, 3.05) is 0 Å². The molecule has 3 N–H and O–H groups in total. The Bertz CT molecular complexity index is 565. The number of aromatic nitrogens is 2. The Morgan fingerprint density at radius 1 is 1.22 bits per heavy atom. The van der Waals surface area contributed by atoms with Crippen LogP contribution in [0.15, 0.2) is 24.4 Å². The van der Waals surface area contributed by atoms with E-state index in [0.29, 0.717) is 12.0 Å². The van der Waals surface area contributed by atoms with Gasteiger partial charge in [0.15, 0.2) is 0 Å². The van der Waals surface area contributed by atoms with Crippen LogP contribution in [0.1, 0.15) is 35.7 Å². The van der Waals surface area contributed by atoms with Crippen molar-refractivity contribution in [1.82, 2.24) is 9.97 Å². The molecule has 3 heteroatoms. The summed E-state index contributed by atoms with van der Waals surface area (Å²) in [5.41, 5.74) is 10.8. The van der Waals surface area contributed by atoms with Gasteiger partial charge in [-0.15, -0.1) is 0 Å². The molecule has 1 aliphatic carbocycles. The number of hydrogen-bond acceptors (Lipinski definition) is 2. The van der Waals surface area contributed by atoms with Crippen molar-refractivity contribution in [3.8, 4) is 11.3 Å². The van der Waals surface area contributed by atoms with Crippen LogP contribution in [-0.4, -0.2) is 16.0 Å². The quantitative estimate of drug-likeness (QED) is 0.849. The van der Waals surface area contributed by atoms with E-state index < -0.39 is 0 Å². The second-order valence-electron chi connectivity index (χ2n) is 5.41. The lowest BCUT2D eigenvalue weighted by Crippen LogP contribution is -2.35. The highest BCUT2D eigenvalue weighted by Gasteiger charge is 2.29. The fourth-order valence-corrected chi connectivity index (χ4v) is 2.48. The first kappa shape index (κ1) is 11.5. The van der Waals surface area contributed by atoms with Crippen molar-refractivity contribution in [3.63, 3.8) is 0 Å². The molecular weight excluding hydrogens is 222 g/mol. The van der Waals surface area contributed by atoms with E-state index in [0.717, 1.165) is 24.4 Å². The van der Waals surface area contributed by atoms with E-state index >= 15 is 0 Å². The van der Waals surface area contributed by atoms with Gasteiger partial charge in [-0.3, -0.25) is 0 Å². The number of rotatable bonds is 2. The molecule has 0 spiro atoms. The highest BCUT2D eigenvalue weighted by Crippen LogP contribution is 2.34. The normalized spacial score (nSPS) is 22.8. The van der Waals surface area contributed by atoms with E-state index in [1.807, 2.05) is 6.20 Å². The van der Waals surface area contributed by atoms with Gasteiger partial charge >= 0.3 is 0 Å². The summed E-state index contributed by atoms with van der Waals surface area (Å²) < 4.78 is 0. The van der Waals surface area contributed by atoms with Crippen molar-refractivity contribution < 1.29 is 0 Å². The maximum atomic E-state index is 5.82. The number of hydrogen-bond donors (Lipinski definition) is 2. The SMILES string of the molecule is Cc1ccc(-c2cnc(C3CC(N)C3)[nH]2)cc1C. The first-order chi connectivity index (χ1) is 8.63. The van der Waals surface area contributed by atoms with E-state index in [2.05, 4.69) is 42.0 Å². The molecule has 1 saturated carbocycles. The Hall–Kier alpha value is -1.61. The zero-order valence-electron chi connectivity index (χ0n) is 10.9. The van der Waals surface area contributed by atoms with E-state index in [-0.39, 0.29) is 0 Å². The Kier molecular flexibility index (Phi) is 2.71. The van der Waals surface area contributed by atoms with Crippen molar-refractivity contribution >= 4 is 0 Å². The average molecular weight is 241 g/mol. The first-order valence-corrected chi connectivity index (χ1v) is 6.51. The lowest BCUT2D eigenvalue weighted by Gasteiger charge is -2.30. The van der Waals surface area contributed by atoms with Gasteiger partial charge in [-0.05, 0) is 49.4 Å². The standard InChI is InChI=1S/C15H19N3/c1-9-3-4-11(5-10(9)2)14-8-17-15(18-14)12-6-13(16)7-12/h3-5,8,12-13H,6-7,16H2,1-2H3,(H,17,18). The van der Waals surface area contributed by atoms with Crippen LogP contribution in [0.3, 0.4) is 0 Å². The third-order valence-corrected chi connectivity index (χ3v) is 3.97. The summed E-state index contributed by atoms with van der Waals surface area (Å²) >= 11 is 0. The van der Waals surface area contributed by atoms with E-state index in [1.54, 1.807) is 0 Å². The summed E-state index contributed by atoms with van der Waals surface area (Å²) in [5, 5.41) is 0. The number of nitrogens with zero attached hydrogens (tertiary/aromatic N) is 1. The maximum absolute atomic E-state index is 5.82. The lowest BCUT2D eigenvalue weighted by molar-refractivity contribution is 0.340. The van der Waals surface area contributed by atoms with Gasteiger partial charge in [0.2, 0.25) is 0 Å². The predicted octanol–water partition coefficient (Wildman–Crippen LogP) is 2.90. The molecule has 0 saturated heterocycles. The summed E-state index contributed by atoms with van der Waals surface area (Å²) in [6.45, 7) is 4.27. The van der Waals surface area contributed by atoms with E-state index in [4.69, 9.17) is 5.73 Å². The van der Waals surface area contributed by atoms with Gasteiger partial charge in [-0.2, -0.15) is 0 Å². The summed E-state index contributed by atoms with van der Waals surface area (Å²) in [6, 6.07) is 6.88. The van der Waals surface area contributed by atoms with E-state index in [1.165, 1.54) is 16.7 Å². The number of nitrogens with two attached hydrogens (primary N) is 1. The van der Waals surface area contributed by atoms with Crippen LogP contribution in [0.2, 0.25) is 0 Å². The van der Waals surface area contributed by atoms with Crippen LogP contribution in [0, 0.1) is 13.8 Å². The summed E-state index contributed by atoms with van der Waals surface area (Å²) in [4.78, 5) is 7.92. The van der Waals surface area contributed by atoms with Crippen LogP contribution in [0.4, 0.5) is 0 Å². The Morgan fingerprint density at radius 3 is 2.67 bits per heavy atom. The van der Waals surface area contributed by atoms with Crippen molar-refractivity contribution in [1.29, 1.82) is 0 Å². The third kappa shape index (κ3) is 1.95. The molecule has 3 rings (SSSR count). The molecule has 2 aromatic rings. The van der Waals surface area contributed by atoms with Gasteiger partial charge < -0.3 is 10.7 Å². The molecule has 1 aliphatic rings. The highest BCUT2D eigenvalue weighted by atomic mass is 14.9. The second-order valence-corrected chi connectivity index (χ2v) is 5.41. The number of H-pyrrole nitrogens is 1. The summed E-state index contributed by atoms with van der Waals surface area (Å²) in [7, 11) is 0. The third-order valence-electron chi connectivity index (χ3n) is 3.97. The van der Waals surface area contributed by atoms with Crippen molar-refractivity contribution in [2.45, 2.75) is 38.6 Å².